The van der Waals surface area contributed by atoms with Crippen LogP contribution in [0.25, 0.3) is 102 Å². The van der Waals surface area contributed by atoms with Crippen LogP contribution in [0.1, 0.15) is 17.4 Å². The number of fused-ring (bicyclic) bond motifs is 13. The van der Waals surface area contributed by atoms with Gasteiger partial charge in [0, 0.05) is 63.6 Å². The molecule has 4 aromatic heterocycles. The van der Waals surface area contributed by atoms with Gasteiger partial charge in [-0.05, 0) is 77.5 Å². The smallest absolute Gasteiger partial charge is 0.204 e. The molecule has 62 heavy (non-hydrogen) atoms. The minimum Gasteiger partial charge on any atom is -0.456 e. The Morgan fingerprint density at radius 3 is 1.89 bits per heavy atom. The summed E-state index contributed by atoms with van der Waals surface area (Å²) in [5.41, 5.74) is 9.04. The number of amidine groups is 2. The van der Waals surface area contributed by atoms with Crippen LogP contribution in [0.2, 0.25) is 0 Å². The SMILES string of the molecule is c1ccc2cc3c(cc2c1)c1ccccc1n3-c1cc2sc3ccccc3c2cc1C1=NC(n2c3ccccc3c3ccccc32)NC(c2ccc3c(c2)oc2ccccc23)=N1. The predicted molar refractivity (Wildman–Crippen MR) is 260 cm³/mol. The van der Waals surface area contributed by atoms with Crippen LogP contribution in [-0.2, 0) is 0 Å². The third kappa shape index (κ3) is 4.85. The van der Waals surface area contributed by atoms with Crippen molar-refractivity contribution in [1.82, 2.24) is 14.5 Å². The lowest BCUT2D eigenvalue weighted by molar-refractivity contribution is 0.515. The summed E-state index contributed by atoms with van der Waals surface area (Å²) in [6, 6.07) is 67.3. The normalized spacial score (nSPS) is 14.6. The highest BCUT2D eigenvalue weighted by Gasteiger charge is 2.28. The van der Waals surface area contributed by atoms with E-state index in [0.717, 1.165) is 66.7 Å². The quantitative estimate of drug-likeness (QED) is 0.192. The fourth-order valence-electron chi connectivity index (χ4n) is 9.97. The van der Waals surface area contributed by atoms with Crippen LogP contribution >= 0.6 is 11.3 Å². The van der Waals surface area contributed by atoms with E-state index < -0.39 is 6.29 Å². The first-order chi connectivity index (χ1) is 30.7. The molecular formula is C55H33N5OS. The molecule has 0 amide bonds. The first-order valence-corrected chi connectivity index (χ1v) is 21.7. The van der Waals surface area contributed by atoms with Crippen molar-refractivity contribution >= 4 is 120 Å². The molecule has 1 aliphatic heterocycles. The van der Waals surface area contributed by atoms with Gasteiger partial charge in [0.2, 0.25) is 6.29 Å². The number of hydrogen-bond acceptors (Lipinski definition) is 5. The number of rotatable bonds is 4. The molecule has 13 aromatic rings. The molecule has 5 heterocycles. The molecule has 1 atom stereocenters. The van der Waals surface area contributed by atoms with Gasteiger partial charge >= 0.3 is 0 Å². The van der Waals surface area contributed by atoms with Gasteiger partial charge in [0.05, 0.1) is 27.8 Å². The summed E-state index contributed by atoms with van der Waals surface area (Å²) < 4.78 is 13.7. The standard InChI is InChI=1S/C55H33N5OS/c1-2-14-33-28-47-41(27-32(33)13-1)37-17-5-8-20-44(37)59(47)48-31-52-42(40-19-7-12-24-51(40)62-52)30-43(48)54-56-53(34-25-26-39-38-18-6-11-23-49(38)61-50(39)29-34)57-55(58-54)60-45-21-9-3-15-35(45)36-16-4-10-22-46(36)60/h1-31,55H,(H,56,57,58). The first kappa shape index (κ1) is 33.8. The molecule has 0 bridgehead atoms. The number of furan rings is 1. The Morgan fingerprint density at radius 2 is 1.10 bits per heavy atom. The topological polar surface area (TPSA) is 59.8 Å². The van der Waals surface area contributed by atoms with Crippen molar-refractivity contribution in [1.29, 1.82) is 0 Å². The maximum atomic E-state index is 6.45. The van der Waals surface area contributed by atoms with Crippen molar-refractivity contribution in [2.24, 2.45) is 9.98 Å². The molecule has 0 spiro atoms. The van der Waals surface area contributed by atoms with E-state index in [2.05, 4.69) is 190 Å². The van der Waals surface area contributed by atoms with Gasteiger partial charge in [0.15, 0.2) is 5.84 Å². The summed E-state index contributed by atoms with van der Waals surface area (Å²) in [7, 11) is 0. The first-order valence-electron chi connectivity index (χ1n) is 20.9. The van der Waals surface area contributed by atoms with Gasteiger partial charge in [-0.3, -0.25) is 0 Å². The molecule has 290 valence electrons. The third-order valence-corrected chi connectivity index (χ3v) is 13.9. The highest BCUT2D eigenvalue weighted by Crippen LogP contribution is 2.42. The minimum atomic E-state index is -0.529. The molecule has 1 N–H and O–H groups in total. The van der Waals surface area contributed by atoms with Gasteiger partial charge < -0.3 is 18.9 Å². The summed E-state index contributed by atoms with van der Waals surface area (Å²) in [4.78, 5) is 11.2. The Balaban J connectivity index is 1.09. The summed E-state index contributed by atoms with van der Waals surface area (Å²) in [6.45, 7) is 0. The van der Waals surface area contributed by atoms with Gasteiger partial charge in [0.1, 0.15) is 17.0 Å². The van der Waals surface area contributed by atoms with Crippen molar-refractivity contribution < 1.29 is 4.42 Å². The zero-order valence-electron chi connectivity index (χ0n) is 33.1. The Kier molecular flexibility index (Phi) is 6.95. The van der Waals surface area contributed by atoms with Crippen molar-refractivity contribution in [3.63, 3.8) is 0 Å². The molecule has 0 fully saturated rings. The maximum Gasteiger partial charge on any atom is 0.204 e. The molecule has 7 heteroatoms. The minimum absolute atomic E-state index is 0.529. The van der Waals surface area contributed by atoms with E-state index in [1.165, 1.54) is 52.5 Å². The van der Waals surface area contributed by atoms with Crippen LogP contribution in [0, 0.1) is 0 Å². The lowest BCUT2D eigenvalue weighted by Crippen LogP contribution is -2.36. The van der Waals surface area contributed by atoms with Crippen LogP contribution in [0.5, 0.6) is 0 Å². The Bertz CT molecular complexity index is 4050. The number of thiophene rings is 1. The van der Waals surface area contributed by atoms with E-state index in [1.54, 1.807) is 0 Å². The lowest BCUT2D eigenvalue weighted by Gasteiger charge is -2.26. The van der Waals surface area contributed by atoms with Crippen LogP contribution in [0.3, 0.4) is 0 Å². The number of aliphatic imine (C=N–C) groups is 2. The second kappa shape index (κ2) is 12.8. The molecule has 1 aliphatic rings. The fraction of sp³-hybridized carbons (Fsp3) is 0.0182. The third-order valence-electron chi connectivity index (χ3n) is 12.8. The van der Waals surface area contributed by atoms with Gasteiger partial charge in [-0.15, -0.1) is 11.3 Å². The summed E-state index contributed by atoms with van der Waals surface area (Å²) in [6.07, 6.45) is -0.529. The van der Waals surface area contributed by atoms with Crippen molar-refractivity contribution in [2.45, 2.75) is 6.29 Å². The highest BCUT2D eigenvalue weighted by atomic mass is 32.1. The number of aromatic nitrogens is 2. The van der Waals surface area contributed by atoms with Crippen LogP contribution in [0.4, 0.5) is 0 Å². The monoisotopic (exact) mass is 811 g/mol. The van der Waals surface area contributed by atoms with Crippen molar-refractivity contribution in [3.05, 3.63) is 199 Å². The number of hydrogen-bond donors (Lipinski definition) is 1. The molecule has 0 radical (unpaired) electrons. The molecule has 0 saturated carbocycles. The summed E-state index contributed by atoms with van der Waals surface area (Å²) >= 11 is 1.83. The second-order valence-electron chi connectivity index (χ2n) is 16.2. The van der Waals surface area contributed by atoms with Crippen LogP contribution < -0.4 is 5.32 Å². The van der Waals surface area contributed by atoms with Gasteiger partial charge in [0.25, 0.3) is 0 Å². The predicted octanol–water partition coefficient (Wildman–Crippen LogP) is 14.3. The zero-order chi connectivity index (χ0) is 40.5. The van der Waals surface area contributed by atoms with Gasteiger partial charge in [-0.1, -0.05) is 121 Å². The number of para-hydroxylation sites is 4. The number of benzene rings is 9. The molecular weight excluding hydrogens is 779 g/mol. The average molecular weight is 812 g/mol. The van der Waals surface area contributed by atoms with E-state index in [-0.39, 0.29) is 0 Å². The number of nitrogens with one attached hydrogen (secondary N) is 1. The Hall–Kier alpha value is -8.00. The number of nitrogens with zero attached hydrogens (tertiary/aromatic N) is 4. The van der Waals surface area contributed by atoms with E-state index in [1.807, 2.05) is 23.5 Å². The second-order valence-corrected chi connectivity index (χ2v) is 17.3. The molecule has 6 nitrogen and oxygen atoms in total. The van der Waals surface area contributed by atoms with Gasteiger partial charge in [-0.25, -0.2) is 9.98 Å². The van der Waals surface area contributed by atoms with E-state index in [4.69, 9.17) is 14.4 Å². The van der Waals surface area contributed by atoms with Crippen LogP contribution in [-0.4, -0.2) is 20.8 Å². The molecule has 9 aromatic carbocycles. The van der Waals surface area contributed by atoms with Crippen molar-refractivity contribution in [3.8, 4) is 5.69 Å². The maximum absolute atomic E-state index is 6.45. The van der Waals surface area contributed by atoms with E-state index in [9.17, 15) is 0 Å². The van der Waals surface area contributed by atoms with Gasteiger partial charge in [-0.2, -0.15) is 0 Å². The average Bonchev–Trinajstić information content (AvgIpc) is 4.07. The molecule has 0 aliphatic carbocycles. The largest absolute Gasteiger partial charge is 0.456 e. The Morgan fingerprint density at radius 1 is 0.468 bits per heavy atom. The van der Waals surface area contributed by atoms with Crippen LogP contribution in [0.15, 0.2) is 202 Å². The van der Waals surface area contributed by atoms with E-state index in [0.29, 0.717) is 5.84 Å². The van der Waals surface area contributed by atoms with E-state index >= 15 is 0 Å². The highest BCUT2D eigenvalue weighted by molar-refractivity contribution is 7.25. The molecule has 0 saturated heterocycles. The lowest BCUT2D eigenvalue weighted by atomic mass is 10.0. The summed E-state index contributed by atoms with van der Waals surface area (Å²) in [5, 5.41) is 15.6. The molecule has 1 unspecified atom stereocenters. The van der Waals surface area contributed by atoms with Crippen molar-refractivity contribution in [2.75, 3.05) is 0 Å². The fourth-order valence-corrected chi connectivity index (χ4v) is 11.1. The zero-order valence-corrected chi connectivity index (χ0v) is 33.9. The summed E-state index contributed by atoms with van der Waals surface area (Å²) in [5.74, 6) is 1.37. The molecule has 14 rings (SSSR count). The Labute approximate surface area is 357 Å².